The molecule has 0 radical (unpaired) electrons. The highest BCUT2D eigenvalue weighted by atomic mass is 32.1. The molecule has 16 heteroatoms. The average Bonchev–Trinajstić information content (AvgIpc) is 3.78. The van der Waals surface area contributed by atoms with Crippen LogP contribution in [0.15, 0.2) is 48.7 Å². The number of nitrogens with two attached hydrogens (primary N) is 1. The van der Waals surface area contributed by atoms with Crippen LogP contribution in [-0.4, -0.2) is 79.9 Å². The molecule has 2 aromatic heterocycles. The zero-order valence-corrected chi connectivity index (χ0v) is 37.7. The Morgan fingerprint density at radius 1 is 0.810 bits per heavy atom. The number of likely N-dealkylation sites (tertiary alicyclic amines) is 2. The van der Waals surface area contributed by atoms with E-state index in [0.717, 1.165) is 90.1 Å². The summed E-state index contributed by atoms with van der Waals surface area (Å²) in [6, 6.07) is 12.5. The number of nitrogens with zero attached hydrogens (tertiary/aromatic N) is 4. The van der Waals surface area contributed by atoms with Crippen LogP contribution in [-0.2, 0) is 14.3 Å². The fraction of sp³-hybridized carbons (Fsp3) is 0.500. The number of benzene rings is 2. The Morgan fingerprint density at radius 3 is 1.95 bits per heavy atom. The maximum Gasteiger partial charge on any atom is 0.407 e. The van der Waals surface area contributed by atoms with Crippen LogP contribution >= 0.6 is 54.0 Å². The Hall–Kier alpha value is -3.75. The number of nitrogens with one attached hydrogen (secondary N) is 3. The Balaban J connectivity index is 0.00000186. The molecule has 5 N–H and O–H groups in total. The highest BCUT2D eigenvalue weighted by molar-refractivity contribution is 7.59. The zero-order chi connectivity index (χ0) is 37.9. The van der Waals surface area contributed by atoms with Gasteiger partial charge in [-0.05, 0) is 97.1 Å². The van der Waals surface area contributed by atoms with Crippen molar-refractivity contribution in [1.29, 1.82) is 0 Å². The molecule has 314 valence electrons. The van der Waals surface area contributed by atoms with E-state index in [4.69, 9.17) is 20.4 Å². The predicted molar refractivity (Wildman–Crippen MR) is 246 cm³/mol. The van der Waals surface area contributed by atoms with Crippen molar-refractivity contribution in [1.82, 2.24) is 35.1 Å². The molecule has 4 aromatic rings. The van der Waals surface area contributed by atoms with Crippen LogP contribution in [0.4, 0.5) is 4.79 Å². The lowest BCUT2D eigenvalue weighted by atomic mass is 10.0. The molecule has 4 heterocycles. The van der Waals surface area contributed by atoms with Gasteiger partial charge in [-0.15, -0.1) is 0 Å². The molecular formula is C42H58N8O4S4. The molecule has 0 unspecified atom stereocenters. The van der Waals surface area contributed by atoms with E-state index in [9.17, 15) is 14.4 Å². The van der Waals surface area contributed by atoms with Crippen molar-refractivity contribution in [3.63, 3.8) is 0 Å². The fourth-order valence-electron chi connectivity index (χ4n) is 8.29. The minimum Gasteiger partial charge on any atom is -0.453 e. The molecule has 12 nitrogen and oxygen atoms in total. The molecule has 2 aliphatic carbocycles. The molecule has 2 spiro atoms. The molecule has 4 atom stereocenters. The minimum atomic E-state index is -0.681. The van der Waals surface area contributed by atoms with E-state index >= 15 is 0 Å². The Bertz CT molecular complexity index is 2170. The van der Waals surface area contributed by atoms with Gasteiger partial charge in [0.05, 0.1) is 48.2 Å². The summed E-state index contributed by atoms with van der Waals surface area (Å²) in [7, 11) is 1.30. The molecule has 4 aliphatic rings. The van der Waals surface area contributed by atoms with Gasteiger partial charge in [0.25, 0.3) is 0 Å². The maximum absolute atomic E-state index is 13.8. The summed E-state index contributed by atoms with van der Waals surface area (Å²) in [5.41, 5.74) is 12.0. The van der Waals surface area contributed by atoms with E-state index in [-0.39, 0.29) is 101 Å². The first-order chi connectivity index (χ1) is 25.9. The topological polar surface area (TPSA) is 162 Å². The van der Waals surface area contributed by atoms with Crippen LogP contribution in [0, 0.1) is 34.5 Å². The molecule has 0 bridgehead atoms. The van der Waals surface area contributed by atoms with E-state index in [2.05, 4.69) is 27.1 Å². The van der Waals surface area contributed by atoms with Gasteiger partial charge < -0.3 is 35.6 Å². The summed E-state index contributed by atoms with van der Waals surface area (Å²) in [5.74, 6) is 8.04. The van der Waals surface area contributed by atoms with Gasteiger partial charge in [-0.25, -0.2) is 14.8 Å². The lowest BCUT2D eigenvalue weighted by Crippen LogP contribution is -2.51. The van der Waals surface area contributed by atoms with Gasteiger partial charge in [0.1, 0.15) is 17.7 Å². The lowest BCUT2D eigenvalue weighted by Gasteiger charge is -2.30. The first-order valence-electron chi connectivity index (χ1n) is 19.2. The number of hydrogen-bond acceptors (Lipinski definition) is 7. The number of imidazole rings is 2. The van der Waals surface area contributed by atoms with E-state index in [0.29, 0.717) is 6.54 Å². The third-order valence-electron chi connectivity index (χ3n) is 12.2. The van der Waals surface area contributed by atoms with Crippen LogP contribution in [0.5, 0.6) is 0 Å². The number of aromatic amines is 2. The molecular weight excluding hydrogens is 809 g/mol. The molecule has 2 saturated carbocycles. The molecule has 2 saturated heterocycles. The van der Waals surface area contributed by atoms with Crippen molar-refractivity contribution in [2.24, 2.45) is 28.4 Å². The number of H-pyrrole nitrogens is 2. The molecule has 2 aromatic carbocycles. The second-order valence-electron chi connectivity index (χ2n) is 16.9. The number of ether oxygens (including phenoxy) is 1. The second kappa shape index (κ2) is 18.3. The first-order valence-corrected chi connectivity index (χ1v) is 19.2. The van der Waals surface area contributed by atoms with Crippen molar-refractivity contribution >= 4 is 82.9 Å². The molecule has 2 aliphatic heterocycles. The quantitative estimate of drug-likeness (QED) is 0.152. The van der Waals surface area contributed by atoms with Crippen LogP contribution in [0.2, 0.25) is 0 Å². The van der Waals surface area contributed by atoms with E-state index < -0.39 is 18.2 Å². The van der Waals surface area contributed by atoms with E-state index in [1.165, 1.54) is 7.11 Å². The van der Waals surface area contributed by atoms with Gasteiger partial charge in [-0.3, -0.25) is 9.59 Å². The maximum atomic E-state index is 13.8. The summed E-state index contributed by atoms with van der Waals surface area (Å²) in [4.78, 5) is 59.8. The highest BCUT2D eigenvalue weighted by Crippen LogP contribution is 2.59. The number of methoxy groups -OCH3 is 1. The van der Waals surface area contributed by atoms with Crippen molar-refractivity contribution < 1.29 is 19.1 Å². The Morgan fingerprint density at radius 2 is 1.38 bits per heavy atom. The molecule has 3 amide bonds. The normalized spacial score (nSPS) is 20.3. The number of carbonyl (C=O) groups excluding carboxylic acids is 3. The summed E-state index contributed by atoms with van der Waals surface area (Å²) >= 11 is 0. The number of amides is 3. The van der Waals surface area contributed by atoms with Gasteiger partial charge >= 0.3 is 6.09 Å². The van der Waals surface area contributed by atoms with Crippen molar-refractivity contribution in [2.75, 3.05) is 20.2 Å². The van der Waals surface area contributed by atoms with Gasteiger partial charge in [-0.2, -0.15) is 54.0 Å². The average molecular weight is 867 g/mol. The number of alkyl carbamates (subject to hydrolysis) is 1. The van der Waals surface area contributed by atoms with Crippen molar-refractivity contribution in [3.05, 3.63) is 71.4 Å². The van der Waals surface area contributed by atoms with Crippen LogP contribution < -0.4 is 11.1 Å². The van der Waals surface area contributed by atoms with E-state index in [1.807, 2.05) is 86.2 Å². The SMILES string of the molecule is COC(=O)N[C@H](C(=O)N1CC2(CC2)C[C@H]1c1ncc(-c2ccc(C#Cc3ccc4nc([C@@H]5CC6(CC6)CN5C(=O)[C@@H](N)C(C)C)[nH]c4c3)cc2)[nH]1)C(C)C.S.S.S.S. The third kappa shape index (κ3) is 9.33. The minimum absolute atomic E-state index is 0. The van der Waals surface area contributed by atoms with Crippen LogP contribution in [0.3, 0.4) is 0 Å². The van der Waals surface area contributed by atoms with Gasteiger partial charge in [0, 0.05) is 24.2 Å². The zero-order valence-electron chi connectivity index (χ0n) is 33.7. The Kier molecular flexibility index (Phi) is 14.8. The molecule has 8 rings (SSSR count). The lowest BCUT2D eigenvalue weighted by molar-refractivity contribution is -0.136. The molecule has 4 fully saturated rings. The van der Waals surface area contributed by atoms with Crippen molar-refractivity contribution in [2.45, 2.75) is 90.4 Å². The Labute approximate surface area is 368 Å². The smallest absolute Gasteiger partial charge is 0.407 e. The van der Waals surface area contributed by atoms with Crippen LogP contribution in [0.1, 0.15) is 101 Å². The largest absolute Gasteiger partial charge is 0.453 e. The number of fused-ring (bicyclic) bond motifs is 1. The summed E-state index contributed by atoms with van der Waals surface area (Å²) in [5, 5.41) is 2.74. The monoisotopic (exact) mass is 866 g/mol. The third-order valence-corrected chi connectivity index (χ3v) is 12.2. The van der Waals surface area contributed by atoms with E-state index in [1.54, 1.807) is 0 Å². The predicted octanol–water partition coefficient (Wildman–Crippen LogP) is 6.28. The first kappa shape index (κ1) is 46.9. The van der Waals surface area contributed by atoms with Crippen molar-refractivity contribution in [3.8, 4) is 23.1 Å². The number of aromatic nitrogens is 4. The van der Waals surface area contributed by atoms with Crippen LogP contribution in [0.25, 0.3) is 22.3 Å². The standard InChI is InChI=1S/C42H50N8O4.4H2S/c1-24(2)34(43)38(51)49-22-42(16-17-42)20-33(49)37-45-29-13-10-27(18-30(29)46-37)7-6-26-8-11-28(12-9-26)31-21-44-36(47-31)32-19-41(14-15-41)23-50(32)39(52)35(25(3)4)48-40(53)54-5;;;;/h8-13,18,21,24-25,32-35H,14-17,19-20,22-23,43H2,1-5H3,(H,44,47)(H,45,46)(H,48,53);4*1H2/t32-,33-,34-,35-;;;;/m0..../s1. The summed E-state index contributed by atoms with van der Waals surface area (Å²) in [6.45, 7) is 9.24. The highest BCUT2D eigenvalue weighted by Gasteiger charge is 2.56. The fourth-order valence-corrected chi connectivity index (χ4v) is 8.29. The number of rotatable bonds is 8. The van der Waals surface area contributed by atoms with Gasteiger partial charge in [0.15, 0.2) is 0 Å². The van der Waals surface area contributed by atoms with Gasteiger partial charge in [0.2, 0.25) is 11.8 Å². The summed E-state index contributed by atoms with van der Waals surface area (Å²) in [6.07, 6.45) is 7.45. The number of hydrogen-bond donors (Lipinski definition) is 4. The second-order valence-corrected chi connectivity index (χ2v) is 16.9. The van der Waals surface area contributed by atoms with Gasteiger partial charge in [-0.1, -0.05) is 51.7 Å². The molecule has 58 heavy (non-hydrogen) atoms. The summed E-state index contributed by atoms with van der Waals surface area (Å²) < 4.78 is 4.80. The number of carbonyl (C=O) groups is 3.